The minimum atomic E-state index is -0.481. The van der Waals surface area contributed by atoms with Crippen molar-refractivity contribution in [3.63, 3.8) is 0 Å². The van der Waals surface area contributed by atoms with Gasteiger partial charge in [0.1, 0.15) is 6.33 Å². The molecule has 62 heavy (non-hydrogen) atoms. The predicted octanol–water partition coefficient (Wildman–Crippen LogP) is 14.2. The van der Waals surface area contributed by atoms with Crippen LogP contribution >= 0.6 is 0 Å². The lowest BCUT2D eigenvalue weighted by molar-refractivity contribution is 0.768. The summed E-state index contributed by atoms with van der Waals surface area (Å²) in [5, 5.41) is 0. The molecule has 2 heteroatoms. The van der Waals surface area contributed by atoms with Crippen LogP contribution in [0.3, 0.4) is 0 Å². The number of aromatic nitrogens is 2. The van der Waals surface area contributed by atoms with Gasteiger partial charge in [-0.05, 0) is 102 Å². The minimum Gasteiger partial charge on any atom is -0.236 e. The third-order valence-electron chi connectivity index (χ3n) is 13.4. The van der Waals surface area contributed by atoms with Gasteiger partial charge in [0.2, 0.25) is 0 Å². The quantitative estimate of drug-likeness (QED) is 0.161. The molecule has 0 radical (unpaired) electrons. The van der Waals surface area contributed by atoms with Crippen molar-refractivity contribution in [3.05, 3.63) is 287 Å². The van der Waals surface area contributed by atoms with E-state index in [1.165, 1.54) is 66.8 Å². The van der Waals surface area contributed by atoms with Gasteiger partial charge in [0.05, 0.1) is 22.2 Å². The first-order valence-electron chi connectivity index (χ1n) is 21.4. The van der Waals surface area contributed by atoms with Crippen LogP contribution in [0.15, 0.2) is 243 Å². The van der Waals surface area contributed by atoms with E-state index in [9.17, 15) is 0 Å². The van der Waals surface area contributed by atoms with Crippen molar-refractivity contribution in [1.82, 2.24) is 9.97 Å². The first-order chi connectivity index (χ1) is 30.7. The van der Waals surface area contributed by atoms with Gasteiger partial charge in [-0.25, -0.2) is 9.97 Å². The highest BCUT2D eigenvalue weighted by molar-refractivity contribution is 5.88. The van der Waals surface area contributed by atoms with Gasteiger partial charge in [-0.15, -0.1) is 0 Å². The third-order valence-corrected chi connectivity index (χ3v) is 13.4. The van der Waals surface area contributed by atoms with Gasteiger partial charge in [-0.3, -0.25) is 0 Å². The van der Waals surface area contributed by atoms with Gasteiger partial charge in [-0.2, -0.15) is 0 Å². The second kappa shape index (κ2) is 14.4. The average Bonchev–Trinajstić information content (AvgIpc) is 3.84. The van der Waals surface area contributed by atoms with E-state index in [4.69, 9.17) is 9.97 Å². The summed E-state index contributed by atoms with van der Waals surface area (Å²) in [6, 6.07) is 86.5. The average molecular weight is 789 g/mol. The van der Waals surface area contributed by atoms with E-state index >= 15 is 0 Å². The lowest BCUT2D eigenvalue weighted by Crippen LogP contribution is -2.28. The van der Waals surface area contributed by atoms with Gasteiger partial charge >= 0.3 is 0 Å². The number of fused-ring (bicyclic) bond motifs is 6. The van der Waals surface area contributed by atoms with E-state index < -0.39 is 10.8 Å². The molecule has 0 saturated heterocycles. The summed E-state index contributed by atoms with van der Waals surface area (Å²) in [6.07, 6.45) is 1.70. The Balaban J connectivity index is 0.952. The van der Waals surface area contributed by atoms with Crippen molar-refractivity contribution in [2.24, 2.45) is 0 Å². The largest absolute Gasteiger partial charge is 0.236 e. The second-order valence-electron chi connectivity index (χ2n) is 16.4. The SMILES string of the molecule is c1ccc(C2(c3cccc(-c4cccc(-c5cc(-c6cccc(C7(c8ccccc8)c8ccccc8-c8ccccc87)c6)ncn5)c4)c3)c3ccccc3-c3ccccc32)cc1. The normalized spacial score (nSPS) is 13.7. The van der Waals surface area contributed by atoms with Gasteiger partial charge in [0.15, 0.2) is 0 Å². The molecule has 1 heterocycles. The fourth-order valence-corrected chi connectivity index (χ4v) is 10.8. The molecule has 10 aromatic rings. The van der Waals surface area contributed by atoms with Crippen LogP contribution in [0.1, 0.15) is 44.5 Å². The maximum absolute atomic E-state index is 4.89. The molecule has 2 aliphatic rings. The number of benzene rings is 9. The molecule has 0 saturated carbocycles. The molecule has 0 bridgehead atoms. The Morgan fingerprint density at radius 2 is 0.565 bits per heavy atom. The van der Waals surface area contributed by atoms with Crippen LogP contribution in [0.25, 0.3) is 55.9 Å². The summed E-state index contributed by atoms with van der Waals surface area (Å²) in [6.45, 7) is 0. The van der Waals surface area contributed by atoms with Gasteiger partial charge in [0, 0.05) is 11.1 Å². The molecule has 0 spiro atoms. The van der Waals surface area contributed by atoms with Gasteiger partial charge in [-0.1, -0.05) is 212 Å². The van der Waals surface area contributed by atoms with Crippen molar-refractivity contribution in [2.45, 2.75) is 10.8 Å². The number of nitrogens with zero attached hydrogens (tertiary/aromatic N) is 2. The minimum absolute atomic E-state index is 0.458. The Bertz CT molecular complexity index is 3000. The summed E-state index contributed by atoms with van der Waals surface area (Å²) in [5.74, 6) is 0. The lowest BCUT2D eigenvalue weighted by Gasteiger charge is -2.34. The monoisotopic (exact) mass is 788 g/mol. The molecule has 1 aromatic heterocycles. The van der Waals surface area contributed by atoms with E-state index in [-0.39, 0.29) is 0 Å². The molecule has 0 N–H and O–H groups in total. The number of rotatable bonds is 7. The van der Waals surface area contributed by atoms with Crippen LogP contribution in [0.4, 0.5) is 0 Å². The zero-order chi connectivity index (χ0) is 41.1. The Kier molecular flexibility index (Phi) is 8.33. The third kappa shape index (κ3) is 5.30. The fourth-order valence-electron chi connectivity index (χ4n) is 10.8. The smallest absolute Gasteiger partial charge is 0.116 e. The molecule has 12 rings (SSSR count). The number of hydrogen-bond donors (Lipinski definition) is 0. The highest BCUT2D eigenvalue weighted by Gasteiger charge is 2.47. The highest BCUT2D eigenvalue weighted by atomic mass is 14.8. The molecule has 290 valence electrons. The van der Waals surface area contributed by atoms with E-state index in [0.29, 0.717) is 0 Å². The van der Waals surface area contributed by atoms with E-state index in [1.807, 2.05) is 0 Å². The van der Waals surface area contributed by atoms with Crippen molar-refractivity contribution in [1.29, 1.82) is 0 Å². The summed E-state index contributed by atoms with van der Waals surface area (Å²) in [7, 11) is 0. The lowest BCUT2D eigenvalue weighted by atomic mass is 9.67. The predicted molar refractivity (Wildman–Crippen MR) is 253 cm³/mol. The van der Waals surface area contributed by atoms with E-state index in [1.54, 1.807) is 6.33 Å². The summed E-state index contributed by atoms with van der Waals surface area (Å²) >= 11 is 0. The zero-order valence-corrected chi connectivity index (χ0v) is 34.0. The van der Waals surface area contributed by atoms with Gasteiger partial charge in [0.25, 0.3) is 0 Å². The van der Waals surface area contributed by atoms with Crippen LogP contribution in [0.2, 0.25) is 0 Å². The summed E-state index contributed by atoms with van der Waals surface area (Å²) in [4.78, 5) is 9.75. The molecule has 0 unspecified atom stereocenters. The molecular weight excluding hydrogens is 749 g/mol. The standard InChI is InChI=1S/C60H40N2/c1-3-22-45(23-4-1)59(53-32-11-7-28-49(53)50-29-8-12-33-54(50)59)47-26-16-19-42(37-47)41-18-15-20-43(36-41)57-39-58(62-40-61-57)44-21-17-27-48(38-44)60(46-24-5-2-6-25-46)55-34-13-9-30-51(55)52-31-10-14-35-56(52)60/h1-40H. The molecule has 0 atom stereocenters. The maximum atomic E-state index is 4.89. The van der Waals surface area contributed by atoms with Crippen LogP contribution in [-0.4, -0.2) is 9.97 Å². The maximum Gasteiger partial charge on any atom is 0.116 e. The Labute approximate surface area is 362 Å². The van der Waals surface area contributed by atoms with E-state index in [0.717, 1.165) is 33.6 Å². The topological polar surface area (TPSA) is 25.8 Å². The second-order valence-corrected chi connectivity index (χ2v) is 16.4. The molecule has 0 aliphatic heterocycles. The van der Waals surface area contributed by atoms with E-state index in [2.05, 4.69) is 237 Å². The van der Waals surface area contributed by atoms with Crippen LogP contribution < -0.4 is 0 Å². The molecule has 0 amide bonds. The molecule has 9 aromatic carbocycles. The van der Waals surface area contributed by atoms with Gasteiger partial charge < -0.3 is 0 Å². The van der Waals surface area contributed by atoms with Crippen LogP contribution in [-0.2, 0) is 10.8 Å². The Hall–Kier alpha value is -7.94. The van der Waals surface area contributed by atoms with Crippen molar-refractivity contribution >= 4 is 0 Å². The summed E-state index contributed by atoms with van der Waals surface area (Å²) < 4.78 is 0. The Morgan fingerprint density at radius 3 is 1.02 bits per heavy atom. The van der Waals surface area contributed by atoms with Crippen LogP contribution in [0, 0.1) is 0 Å². The summed E-state index contributed by atoms with van der Waals surface area (Å²) in [5.41, 5.74) is 20.5. The van der Waals surface area contributed by atoms with Crippen molar-refractivity contribution in [2.75, 3.05) is 0 Å². The zero-order valence-electron chi connectivity index (χ0n) is 34.0. The van der Waals surface area contributed by atoms with Crippen molar-refractivity contribution < 1.29 is 0 Å². The molecule has 2 aliphatic carbocycles. The first-order valence-corrected chi connectivity index (χ1v) is 21.4. The fraction of sp³-hybridized carbons (Fsp3) is 0.0333. The Morgan fingerprint density at radius 1 is 0.242 bits per heavy atom. The van der Waals surface area contributed by atoms with Crippen LogP contribution in [0.5, 0.6) is 0 Å². The highest BCUT2D eigenvalue weighted by Crippen LogP contribution is 2.58. The first kappa shape index (κ1) is 36.0. The molecular formula is C60H40N2. The molecule has 2 nitrogen and oxygen atoms in total. The molecule has 0 fully saturated rings. The number of hydrogen-bond acceptors (Lipinski definition) is 2. The van der Waals surface area contributed by atoms with Crippen molar-refractivity contribution in [3.8, 4) is 55.9 Å².